The highest BCUT2D eigenvalue weighted by atomic mass is 32.2. The van der Waals surface area contributed by atoms with Crippen LogP contribution in [0.5, 0.6) is 0 Å². The molecule has 1 saturated heterocycles. The number of hydrogen-bond acceptors (Lipinski definition) is 3. The quantitative estimate of drug-likeness (QED) is 0.803. The van der Waals surface area contributed by atoms with Gasteiger partial charge in [0.2, 0.25) is 10.0 Å². The van der Waals surface area contributed by atoms with Gasteiger partial charge in [-0.05, 0) is 18.6 Å². The third-order valence-electron chi connectivity index (χ3n) is 3.29. The van der Waals surface area contributed by atoms with Crippen LogP contribution in [0.15, 0.2) is 22.8 Å². The Morgan fingerprint density at radius 2 is 2.11 bits per heavy atom. The summed E-state index contributed by atoms with van der Waals surface area (Å²) in [4.78, 5) is 1.38. The minimum Gasteiger partial charge on any atom is -0.463 e. The fourth-order valence-electron chi connectivity index (χ4n) is 2.30. The molecule has 0 atom stereocenters. The Labute approximate surface area is 108 Å². The van der Waals surface area contributed by atoms with Crippen LogP contribution in [0.4, 0.5) is 0 Å². The van der Waals surface area contributed by atoms with Crippen molar-refractivity contribution in [1.29, 1.82) is 0 Å². The molecule has 0 bridgehead atoms. The van der Waals surface area contributed by atoms with Gasteiger partial charge in [-0.15, -0.1) is 0 Å². The molecule has 1 fully saturated rings. The van der Waals surface area contributed by atoms with E-state index in [9.17, 15) is 8.42 Å². The zero-order chi connectivity index (χ0) is 13.0. The molecular formula is C12H21N2O3S+. The minimum absolute atomic E-state index is 0.264. The van der Waals surface area contributed by atoms with Crippen LogP contribution >= 0.6 is 0 Å². The van der Waals surface area contributed by atoms with Crippen molar-refractivity contribution in [2.75, 3.05) is 31.9 Å². The van der Waals surface area contributed by atoms with E-state index < -0.39 is 10.0 Å². The van der Waals surface area contributed by atoms with E-state index >= 15 is 0 Å². The molecule has 0 unspecified atom stereocenters. The molecule has 1 aliphatic heterocycles. The van der Waals surface area contributed by atoms with Crippen LogP contribution in [-0.2, 0) is 16.6 Å². The lowest BCUT2D eigenvalue weighted by Gasteiger charge is -2.31. The van der Waals surface area contributed by atoms with E-state index in [1.54, 1.807) is 10.6 Å². The summed E-state index contributed by atoms with van der Waals surface area (Å²) in [5.41, 5.74) is 0. The molecule has 5 nitrogen and oxygen atoms in total. The van der Waals surface area contributed by atoms with Gasteiger partial charge in [-0.2, -0.15) is 4.31 Å². The van der Waals surface area contributed by atoms with E-state index in [-0.39, 0.29) is 5.75 Å². The standard InChI is InChI=1S/C12H20N2O3S/c1-2-10-18(15,16)14-7-5-13(6-8-14)11-12-4-3-9-17-12/h3-4,9H,2,5-8,10-11H2,1H3/p+1. The van der Waals surface area contributed by atoms with Crippen molar-refractivity contribution in [3.8, 4) is 0 Å². The zero-order valence-electron chi connectivity index (χ0n) is 10.8. The predicted octanol–water partition coefficient (Wildman–Crippen LogP) is -0.280. The summed E-state index contributed by atoms with van der Waals surface area (Å²) in [6, 6.07) is 3.85. The van der Waals surface area contributed by atoms with Crippen LogP contribution in [0, 0.1) is 0 Å². The molecule has 0 aromatic carbocycles. The predicted molar refractivity (Wildman–Crippen MR) is 68.8 cm³/mol. The Bertz CT molecular complexity index is 448. The molecule has 1 aromatic heterocycles. The third-order valence-corrected chi connectivity index (χ3v) is 5.37. The average Bonchev–Trinajstić information content (AvgIpc) is 2.82. The molecule has 0 amide bonds. The maximum absolute atomic E-state index is 11.9. The molecule has 6 heteroatoms. The fourth-order valence-corrected chi connectivity index (χ4v) is 3.82. The Hall–Kier alpha value is -0.850. The van der Waals surface area contributed by atoms with E-state index in [1.807, 2.05) is 19.1 Å². The summed E-state index contributed by atoms with van der Waals surface area (Å²) in [6.45, 7) is 5.69. The van der Waals surface area contributed by atoms with Crippen molar-refractivity contribution in [3.05, 3.63) is 24.2 Å². The molecule has 1 aromatic rings. The molecule has 0 saturated carbocycles. The Balaban J connectivity index is 1.84. The van der Waals surface area contributed by atoms with Gasteiger partial charge in [-0.3, -0.25) is 0 Å². The SMILES string of the molecule is CCCS(=O)(=O)N1CC[NH+](Cc2ccco2)CC1. The maximum Gasteiger partial charge on any atom is 0.214 e. The highest BCUT2D eigenvalue weighted by Gasteiger charge is 2.28. The molecule has 1 aliphatic rings. The van der Waals surface area contributed by atoms with Gasteiger partial charge >= 0.3 is 0 Å². The summed E-state index contributed by atoms with van der Waals surface area (Å²) in [6.07, 6.45) is 2.36. The molecule has 2 heterocycles. The molecule has 2 rings (SSSR count). The van der Waals surface area contributed by atoms with Gasteiger partial charge in [0.1, 0.15) is 6.54 Å². The topological polar surface area (TPSA) is 55.0 Å². The second-order valence-corrected chi connectivity index (χ2v) is 6.81. The zero-order valence-corrected chi connectivity index (χ0v) is 11.6. The van der Waals surface area contributed by atoms with Gasteiger partial charge < -0.3 is 9.32 Å². The molecule has 102 valence electrons. The monoisotopic (exact) mass is 273 g/mol. The van der Waals surface area contributed by atoms with Crippen molar-refractivity contribution >= 4 is 10.0 Å². The van der Waals surface area contributed by atoms with Crippen LogP contribution in [0.1, 0.15) is 19.1 Å². The van der Waals surface area contributed by atoms with Crippen molar-refractivity contribution in [2.24, 2.45) is 0 Å². The van der Waals surface area contributed by atoms with Crippen molar-refractivity contribution in [2.45, 2.75) is 19.9 Å². The first kappa shape index (κ1) is 13.6. The van der Waals surface area contributed by atoms with Crippen molar-refractivity contribution < 1.29 is 17.7 Å². The Kier molecular flexibility index (Phi) is 4.42. The number of nitrogens with one attached hydrogen (secondary N) is 1. The van der Waals surface area contributed by atoms with Crippen LogP contribution in [0.25, 0.3) is 0 Å². The van der Waals surface area contributed by atoms with Crippen LogP contribution in [0.3, 0.4) is 0 Å². The first-order chi connectivity index (χ1) is 8.62. The van der Waals surface area contributed by atoms with Gasteiger partial charge in [0, 0.05) is 0 Å². The van der Waals surface area contributed by atoms with Gasteiger partial charge in [0.25, 0.3) is 0 Å². The number of rotatable bonds is 5. The summed E-state index contributed by atoms with van der Waals surface area (Å²) in [7, 11) is -3.02. The lowest BCUT2D eigenvalue weighted by molar-refractivity contribution is -0.918. The summed E-state index contributed by atoms with van der Waals surface area (Å²) >= 11 is 0. The van der Waals surface area contributed by atoms with E-state index in [1.165, 1.54) is 4.90 Å². The normalized spacial score (nSPS) is 19.2. The highest BCUT2D eigenvalue weighted by molar-refractivity contribution is 7.89. The van der Waals surface area contributed by atoms with Crippen LogP contribution in [0.2, 0.25) is 0 Å². The number of hydrogen-bond donors (Lipinski definition) is 1. The molecular weight excluding hydrogens is 252 g/mol. The van der Waals surface area contributed by atoms with E-state index in [2.05, 4.69) is 0 Å². The third kappa shape index (κ3) is 3.34. The van der Waals surface area contributed by atoms with E-state index in [0.717, 1.165) is 25.4 Å². The second-order valence-electron chi connectivity index (χ2n) is 4.72. The molecule has 1 N–H and O–H groups in total. The average molecular weight is 273 g/mol. The summed E-state index contributed by atoms with van der Waals surface area (Å²) in [5, 5.41) is 0. The van der Waals surface area contributed by atoms with Gasteiger partial charge in [0.05, 0.1) is 38.2 Å². The lowest BCUT2D eigenvalue weighted by Crippen LogP contribution is -3.13. The lowest BCUT2D eigenvalue weighted by atomic mass is 10.3. The van der Waals surface area contributed by atoms with Gasteiger partial charge in [-0.1, -0.05) is 6.92 Å². The number of furan rings is 1. The minimum atomic E-state index is -3.02. The van der Waals surface area contributed by atoms with E-state index in [0.29, 0.717) is 19.5 Å². The molecule has 18 heavy (non-hydrogen) atoms. The largest absolute Gasteiger partial charge is 0.463 e. The number of sulfonamides is 1. The maximum atomic E-state index is 11.9. The first-order valence-corrected chi connectivity index (χ1v) is 8.06. The number of quaternary nitrogens is 1. The highest BCUT2D eigenvalue weighted by Crippen LogP contribution is 2.04. The number of nitrogens with zero attached hydrogens (tertiary/aromatic N) is 1. The van der Waals surface area contributed by atoms with Crippen LogP contribution < -0.4 is 4.90 Å². The first-order valence-electron chi connectivity index (χ1n) is 6.45. The summed E-state index contributed by atoms with van der Waals surface area (Å²) < 4.78 is 30.8. The van der Waals surface area contributed by atoms with Gasteiger partial charge in [-0.25, -0.2) is 8.42 Å². The molecule has 0 spiro atoms. The second kappa shape index (κ2) is 5.86. The smallest absolute Gasteiger partial charge is 0.214 e. The Morgan fingerprint density at radius 3 is 2.67 bits per heavy atom. The van der Waals surface area contributed by atoms with Crippen molar-refractivity contribution in [3.63, 3.8) is 0 Å². The van der Waals surface area contributed by atoms with Crippen LogP contribution in [-0.4, -0.2) is 44.7 Å². The van der Waals surface area contributed by atoms with Crippen molar-refractivity contribution in [1.82, 2.24) is 4.31 Å². The Morgan fingerprint density at radius 1 is 1.39 bits per heavy atom. The number of piperazine rings is 1. The van der Waals surface area contributed by atoms with E-state index in [4.69, 9.17) is 4.42 Å². The molecule has 0 radical (unpaired) electrons. The molecule has 0 aliphatic carbocycles. The summed E-state index contributed by atoms with van der Waals surface area (Å²) in [5.74, 6) is 1.23. The fraction of sp³-hybridized carbons (Fsp3) is 0.667. The van der Waals surface area contributed by atoms with Gasteiger partial charge in [0.15, 0.2) is 5.76 Å².